The van der Waals surface area contributed by atoms with Gasteiger partial charge in [0, 0.05) is 12.1 Å². The van der Waals surface area contributed by atoms with E-state index in [1.807, 2.05) is 24.3 Å². The highest BCUT2D eigenvalue weighted by atomic mass is 16.5. The van der Waals surface area contributed by atoms with Crippen molar-refractivity contribution in [3.05, 3.63) is 47.5 Å². The van der Waals surface area contributed by atoms with Gasteiger partial charge in [-0.1, -0.05) is 37.8 Å². The molecule has 0 saturated heterocycles. The fourth-order valence-electron chi connectivity index (χ4n) is 4.40. The molecule has 1 saturated carbocycles. The zero-order valence-corrected chi connectivity index (χ0v) is 19.2. The zero-order chi connectivity index (χ0) is 23.0. The molecule has 0 radical (unpaired) electrons. The zero-order valence-electron chi connectivity index (χ0n) is 19.2. The molecule has 174 valence electrons. The Kier molecular flexibility index (Phi) is 8.22. The number of nitrogens with two attached hydrogens (primary N) is 1. The summed E-state index contributed by atoms with van der Waals surface area (Å²) in [5.41, 5.74) is 7.39. The monoisotopic (exact) mass is 442 g/mol. The molecule has 1 amide bonds. The number of primary amides is 1. The van der Waals surface area contributed by atoms with Crippen molar-refractivity contribution in [1.82, 2.24) is 5.32 Å². The predicted molar refractivity (Wildman–Crippen MR) is 123 cm³/mol. The molecule has 1 fully saturated rings. The summed E-state index contributed by atoms with van der Waals surface area (Å²) in [7, 11) is 4.81. The van der Waals surface area contributed by atoms with Gasteiger partial charge in [-0.15, -0.1) is 0 Å². The molecule has 1 aliphatic carbocycles. The second-order valence-electron chi connectivity index (χ2n) is 8.16. The van der Waals surface area contributed by atoms with Gasteiger partial charge < -0.3 is 30.0 Å². The molecule has 2 aromatic carbocycles. The fraction of sp³-hybridized carbons (Fsp3) is 0.480. The van der Waals surface area contributed by atoms with Gasteiger partial charge in [0.2, 0.25) is 5.75 Å². The van der Waals surface area contributed by atoms with Gasteiger partial charge in [-0.2, -0.15) is 0 Å². The third-order valence-electron chi connectivity index (χ3n) is 6.11. The van der Waals surface area contributed by atoms with Crippen molar-refractivity contribution in [2.24, 2.45) is 5.73 Å². The topological polar surface area (TPSA) is 92.0 Å². The number of carbonyl (C=O) groups excluding carboxylic acids is 1. The predicted octanol–water partition coefficient (Wildman–Crippen LogP) is 3.92. The van der Waals surface area contributed by atoms with Crippen molar-refractivity contribution in [2.45, 2.75) is 50.6 Å². The van der Waals surface area contributed by atoms with E-state index in [1.54, 1.807) is 21.3 Å². The fourth-order valence-corrected chi connectivity index (χ4v) is 4.40. The minimum atomic E-state index is -0.561. The van der Waals surface area contributed by atoms with E-state index in [1.165, 1.54) is 31.2 Å². The number of hydrogen-bond acceptors (Lipinski definition) is 6. The molecule has 0 bridgehead atoms. The Bertz CT molecular complexity index is 865. The summed E-state index contributed by atoms with van der Waals surface area (Å²) < 4.78 is 21.9. The van der Waals surface area contributed by atoms with Gasteiger partial charge in [-0.05, 0) is 48.2 Å². The number of methoxy groups -OCH3 is 3. The Morgan fingerprint density at radius 2 is 1.53 bits per heavy atom. The van der Waals surface area contributed by atoms with Crippen LogP contribution in [0.25, 0.3) is 0 Å². The number of amides is 1. The van der Waals surface area contributed by atoms with Crippen LogP contribution in [-0.2, 0) is 16.9 Å². The molecule has 7 heteroatoms. The lowest BCUT2D eigenvalue weighted by molar-refractivity contribution is -0.120. The SMILES string of the molecule is COc1ccc(C2(NCc3cc(OC)c(OCC(N)=O)c(OC)c3)CCCCCC2)cc1. The molecule has 0 atom stereocenters. The number of nitrogens with one attached hydrogen (secondary N) is 1. The number of hydrogen-bond donors (Lipinski definition) is 2. The van der Waals surface area contributed by atoms with Crippen LogP contribution >= 0.6 is 0 Å². The molecular weight excluding hydrogens is 408 g/mol. The molecular formula is C25H34N2O5. The molecule has 32 heavy (non-hydrogen) atoms. The van der Waals surface area contributed by atoms with Gasteiger partial charge in [0.1, 0.15) is 5.75 Å². The van der Waals surface area contributed by atoms with Crippen molar-refractivity contribution in [2.75, 3.05) is 27.9 Å². The van der Waals surface area contributed by atoms with Crippen molar-refractivity contribution in [3.63, 3.8) is 0 Å². The lowest BCUT2D eigenvalue weighted by atomic mass is 9.82. The highest BCUT2D eigenvalue weighted by Crippen LogP contribution is 2.40. The van der Waals surface area contributed by atoms with E-state index in [-0.39, 0.29) is 12.1 Å². The number of carbonyl (C=O) groups is 1. The van der Waals surface area contributed by atoms with Gasteiger partial charge >= 0.3 is 0 Å². The molecule has 7 nitrogen and oxygen atoms in total. The maximum Gasteiger partial charge on any atom is 0.255 e. The maximum atomic E-state index is 11.2. The lowest BCUT2D eigenvalue weighted by Crippen LogP contribution is -2.41. The van der Waals surface area contributed by atoms with Crippen molar-refractivity contribution in [3.8, 4) is 23.0 Å². The Balaban J connectivity index is 1.87. The van der Waals surface area contributed by atoms with Crippen LogP contribution in [0.5, 0.6) is 23.0 Å². The summed E-state index contributed by atoms with van der Waals surface area (Å²) in [6, 6.07) is 12.2. The van der Waals surface area contributed by atoms with Gasteiger partial charge in [-0.25, -0.2) is 0 Å². The van der Waals surface area contributed by atoms with Gasteiger partial charge in [0.25, 0.3) is 5.91 Å². The van der Waals surface area contributed by atoms with Crippen molar-refractivity contribution in [1.29, 1.82) is 0 Å². The van der Waals surface area contributed by atoms with E-state index in [9.17, 15) is 4.79 Å². The van der Waals surface area contributed by atoms with E-state index < -0.39 is 5.91 Å². The summed E-state index contributed by atoms with van der Waals surface area (Å²) in [6.45, 7) is 0.389. The molecule has 0 heterocycles. The molecule has 3 rings (SSSR count). The Morgan fingerprint density at radius 1 is 0.938 bits per heavy atom. The van der Waals surface area contributed by atoms with E-state index in [2.05, 4.69) is 17.4 Å². The second kappa shape index (κ2) is 11.1. The average Bonchev–Trinajstić information content (AvgIpc) is 3.07. The summed E-state index contributed by atoms with van der Waals surface area (Å²) in [6.07, 6.45) is 7.04. The summed E-state index contributed by atoms with van der Waals surface area (Å²) in [5.74, 6) is 1.67. The Labute approximate surface area is 190 Å². The van der Waals surface area contributed by atoms with Gasteiger partial charge in [-0.3, -0.25) is 4.79 Å². The average molecular weight is 443 g/mol. The largest absolute Gasteiger partial charge is 0.497 e. The number of ether oxygens (including phenoxy) is 4. The first-order valence-corrected chi connectivity index (χ1v) is 11.1. The first-order valence-electron chi connectivity index (χ1n) is 11.1. The van der Waals surface area contributed by atoms with E-state index in [4.69, 9.17) is 24.7 Å². The second-order valence-corrected chi connectivity index (χ2v) is 8.16. The van der Waals surface area contributed by atoms with Crippen LogP contribution in [0.4, 0.5) is 0 Å². The molecule has 0 aromatic heterocycles. The first-order chi connectivity index (χ1) is 15.5. The normalized spacial score (nSPS) is 15.5. The van der Waals surface area contributed by atoms with Gasteiger partial charge in [0.05, 0.1) is 21.3 Å². The first kappa shape index (κ1) is 23.7. The Hall–Kier alpha value is -2.93. The standard InChI is InChI=1S/C25H34N2O5/c1-29-20-10-8-19(9-11-20)25(12-6-4-5-7-13-25)27-16-18-14-21(30-2)24(22(15-18)31-3)32-17-23(26)28/h8-11,14-15,27H,4-7,12-13,16-17H2,1-3H3,(H2,26,28). The number of rotatable bonds is 10. The van der Waals surface area contributed by atoms with Gasteiger partial charge in [0.15, 0.2) is 18.1 Å². The highest BCUT2D eigenvalue weighted by Gasteiger charge is 2.32. The third kappa shape index (κ3) is 5.65. The van der Waals surface area contributed by atoms with Crippen LogP contribution in [0.15, 0.2) is 36.4 Å². The van der Waals surface area contributed by atoms with Crippen LogP contribution < -0.4 is 30.0 Å². The molecule has 2 aromatic rings. The number of benzene rings is 2. The summed E-state index contributed by atoms with van der Waals surface area (Å²) >= 11 is 0. The van der Waals surface area contributed by atoms with E-state index in [0.717, 1.165) is 24.2 Å². The Morgan fingerprint density at radius 3 is 2.03 bits per heavy atom. The lowest BCUT2D eigenvalue weighted by Gasteiger charge is -2.35. The van der Waals surface area contributed by atoms with Crippen LogP contribution in [0.2, 0.25) is 0 Å². The van der Waals surface area contributed by atoms with Crippen molar-refractivity contribution < 1.29 is 23.7 Å². The van der Waals surface area contributed by atoms with Crippen LogP contribution in [0, 0.1) is 0 Å². The van der Waals surface area contributed by atoms with Crippen molar-refractivity contribution >= 4 is 5.91 Å². The molecule has 0 aliphatic heterocycles. The summed E-state index contributed by atoms with van der Waals surface area (Å²) in [4.78, 5) is 11.2. The van der Waals surface area contributed by atoms with Crippen LogP contribution in [0.1, 0.15) is 49.7 Å². The molecule has 0 unspecified atom stereocenters. The summed E-state index contributed by atoms with van der Waals surface area (Å²) in [5, 5.41) is 3.85. The van der Waals surface area contributed by atoms with E-state index >= 15 is 0 Å². The third-order valence-corrected chi connectivity index (χ3v) is 6.11. The maximum absolute atomic E-state index is 11.2. The molecule has 3 N–H and O–H groups in total. The molecule has 0 spiro atoms. The highest BCUT2D eigenvalue weighted by molar-refractivity contribution is 5.75. The molecule has 1 aliphatic rings. The van der Waals surface area contributed by atoms with E-state index in [0.29, 0.717) is 23.8 Å². The smallest absolute Gasteiger partial charge is 0.255 e. The van der Waals surface area contributed by atoms with Crippen LogP contribution in [0.3, 0.4) is 0 Å². The minimum absolute atomic E-state index is 0.107. The van der Waals surface area contributed by atoms with Crippen LogP contribution in [-0.4, -0.2) is 33.8 Å². The minimum Gasteiger partial charge on any atom is -0.497 e. The quantitative estimate of drug-likeness (QED) is 0.542.